The third kappa shape index (κ3) is 4.20. The first-order valence-corrected chi connectivity index (χ1v) is 6.65. The topological polar surface area (TPSA) is 69.6 Å². The monoisotopic (exact) mass is 256 g/mol. The quantitative estimate of drug-likeness (QED) is 0.807. The predicted octanol–water partition coefficient (Wildman–Crippen LogP) is 1.93. The third-order valence-corrected chi connectivity index (χ3v) is 3.83. The second kappa shape index (κ2) is 6.61. The van der Waals surface area contributed by atoms with Crippen LogP contribution in [0.15, 0.2) is 0 Å². The molecule has 2 amide bonds. The average molecular weight is 256 g/mol. The number of hydrogen-bond donors (Lipinski definition) is 2. The van der Waals surface area contributed by atoms with Gasteiger partial charge in [0.2, 0.25) is 0 Å². The van der Waals surface area contributed by atoms with Crippen LogP contribution >= 0.6 is 0 Å². The Morgan fingerprint density at radius 1 is 1.28 bits per heavy atom. The molecule has 0 heterocycles. The zero-order chi connectivity index (χ0) is 13.7. The lowest BCUT2D eigenvalue weighted by molar-refractivity contribution is -0.143. The number of amides is 2. The average Bonchev–Trinajstić information content (AvgIpc) is 2.35. The summed E-state index contributed by atoms with van der Waals surface area (Å²) in [7, 11) is 1.78. The molecule has 1 fully saturated rings. The number of nitrogens with zero attached hydrogens (tertiary/aromatic N) is 1. The van der Waals surface area contributed by atoms with Crippen molar-refractivity contribution in [3.8, 4) is 0 Å². The van der Waals surface area contributed by atoms with Crippen LogP contribution in [-0.4, -0.2) is 41.6 Å². The van der Waals surface area contributed by atoms with Gasteiger partial charge in [-0.3, -0.25) is 4.79 Å². The Bertz CT molecular complexity index is 297. The molecule has 0 aromatic carbocycles. The number of hydrogen-bond acceptors (Lipinski definition) is 2. The first-order valence-electron chi connectivity index (χ1n) is 6.65. The number of rotatable bonds is 4. The number of carbonyl (C=O) groups is 2. The molecule has 0 atom stereocenters. The minimum absolute atomic E-state index is 0.0506. The molecule has 1 aliphatic carbocycles. The highest BCUT2D eigenvalue weighted by molar-refractivity contribution is 5.74. The van der Waals surface area contributed by atoms with E-state index in [1.54, 1.807) is 11.9 Å². The molecule has 1 aliphatic rings. The van der Waals surface area contributed by atoms with Crippen LogP contribution in [-0.2, 0) is 4.79 Å². The van der Waals surface area contributed by atoms with Crippen molar-refractivity contribution in [1.29, 1.82) is 0 Å². The maximum absolute atomic E-state index is 11.7. The van der Waals surface area contributed by atoms with Crippen molar-refractivity contribution in [1.82, 2.24) is 10.2 Å². The third-order valence-electron chi connectivity index (χ3n) is 3.83. The molecule has 5 heteroatoms. The molecule has 0 bridgehead atoms. The molecule has 104 valence electrons. The van der Waals surface area contributed by atoms with E-state index in [1.807, 2.05) is 13.8 Å². The van der Waals surface area contributed by atoms with E-state index < -0.39 is 5.97 Å². The second-order valence-corrected chi connectivity index (χ2v) is 5.45. The first kappa shape index (κ1) is 14.8. The lowest BCUT2D eigenvalue weighted by atomic mass is 9.82. The van der Waals surface area contributed by atoms with Crippen molar-refractivity contribution in [2.75, 3.05) is 13.6 Å². The molecule has 0 aromatic heterocycles. The minimum atomic E-state index is -0.683. The van der Waals surface area contributed by atoms with Crippen LogP contribution in [0.4, 0.5) is 4.79 Å². The van der Waals surface area contributed by atoms with E-state index in [4.69, 9.17) is 5.11 Å². The van der Waals surface area contributed by atoms with Gasteiger partial charge in [0.25, 0.3) is 0 Å². The van der Waals surface area contributed by atoms with E-state index in [0.717, 1.165) is 25.7 Å². The summed E-state index contributed by atoms with van der Waals surface area (Å²) in [5.74, 6) is -0.447. The molecular formula is C13H24N2O3. The van der Waals surface area contributed by atoms with Crippen LogP contribution in [0.2, 0.25) is 0 Å². The lowest BCUT2D eigenvalue weighted by Crippen LogP contribution is -2.43. The molecule has 1 rings (SSSR count). The Hall–Kier alpha value is -1.26. The van der Waals surface area contributed by atoms with E-state index in [2.05, 4.69) is 5.32 Å². The summed E-state index contributed by atoms with van der Waals surface area (Å²) < 4.78 is 0. The van der Waals surface area contributed by atoms with Gasteiger partial charge in [0, 0.05) is 19.6 Å². The maximum Gasteiger partial charge on any atom is 0.317 e. The number of aliphatic carboxylic acids is 1. The summed E-state index contributed by atoms with van der Waals surface area (Å²) in [5.41, 5.74) is 0. The van der Waals surface area contributed by atoms with E-state index >= 15 is 0 Å². The lowest BCUT2D eigenvalue weighted by Gasteiger charge is -2.28. The molecule has 0 unspecified atom stereocenters. The molecule has 0 spiro atoms. The molecule has 18 heavy (non-hydrogen) atoms. The minimum Gasteiger partial charge on any atom is -0.481 e. The van der Waals surface area contributed by atoms with Crippen LogP contribution in [0.5, 0.6) is 0 Å². The van der Waals surface area contributed by atoms with Crippen molar-refractivity contribution in [3.63, 3.8) is 0 Å². The Morgan fingerprint density at radius 3 is 2.28 bits per heavy atom. The zero-order valence-electron chi connectivity index (χ0n) is 11.5. The predicted molar refractivity (Wildman–Crippen MR) is 69.4 cm³/mol. The largest absolute Gasteiger partial charge is 0.481 e. The zero-order valence-corrected chi connectivity index (χ0v) is 11.5. The molecule has 2 N–H and O–H groups in total. The van der Waals surface area contributed by atoms with Gasteiger partial charge >= 0.3 is 12.0 Å². The highest BCUT2D eigenvalue weighted by atomic mass is 16.4. The molecule has 0 aromatic rings. The van der Waals surface area contributed by atoms with Gasteiger partial charge in [0.15, 0.2) is 0 Å². The smallest absolute Gasteiger partial charge is 0.317 e. The molecular weight excluding hydrogens is 232 g/mol. The molecule has 0 saturated heterocycles. The molecule has 1 saturated carbocycles. The van der Waals surface area contributed by atoms with Crippen LogP contribution in [0.3, 0.4) is 0 Å². The second-order valence-electron chi connectivity index (χ2n) is 5.45. The van der Waals surface area contributed by atoms with Gasteiger partial charge in [-0.2, -0.15) is 0 Å². The SMILES string of the molecule is CC(C)N(C)C(=O)NCC1CCC(C(=O)O)CC1. The van der Waals surface area contributed by atoms with Crippen molar-refractivity contribution < 1.29 is 14.7 Å². The van der Waals surface area contributed by atoms with Crippen molar-refractivity contribution in [2.24, 2.45) is 11.8 Å². The normalized spacial score (nSPS) is 23.8. The molecule has 0 radical (unpaired) electrons. The van der Waals surface area contributed by atoms with E-state index in [9.17, 15) is 9.59 Å². The van der Waals surface area contributed by atoms with Crippen LogP contribution in [0, 0.1) is 11.8 Å². The van der Waals surface area contributed by atoms with Gasteiger partial charge in [-0.1, -0.05) is 0 Å². The van der Waals surface area contributed by atoms with Crippen LogP contribution in [0.25, 0.3) is 0 Å². The van der Waals surface area contributed by atoms with Gasteiger partial charge < -0.3 is 15.3 Å². The van der Waals surface area contributed by atoms with Gasteiger partial charge in [-0.25, -0.2) is 4.79 Å². The fraction of sp³-hybridized carbons (Fsp3) is 0.846. The van der Waals surface area contributed by atoms with Crippen molar-refractivity contribution >= 4 is 12.0 Å². The fourth-order valence-corrected chi connectivity index (χ4v) is 2.20. The first-order chi connectivity index (χ1) is 8.41. The van der Waals surface area contributed by atoms with E-state index in [1.165, 1.54) is 0 Å². The summed E-state index contributed by atoms with van der Waals surface area (Å²) >= 11 is 0. The summed E-state index contributed by atoms with van der Waals surface area (Å²) in [6, 6.07) is 0.137. The number of nitrogens with one attached hydrogen (secondary N) is 1. The van der Waals surface area contributed by atoms with Crippen LogP contribution in [0.1, 0.15) is 39.5 Å². The number of carboxylic acids is 1. The van der Waals surface area contributed by atoms with E-state index in [-0.39, 0.29) is 18.0 Å². The van der Waals surface area contributed by atoms with Gasteiger partial charge in [0.1, 0.15) is 0 Å². The van der Waals surface area contributed by atoms with Crippen molar-refractivity contribution in [3.05, 3.63) is 0 Å². The fourth-order valence-electron chi connectivity index (χ4n) is 2.20. The Morgan fingerprint density at radius 2 is 1.83 bits per heavy atom. The standard InChI is InChI=1S/C13H24N2O3/c1-9(2)15(3)13(18)14-8-10-4-6-11(7-5-10)12(16)17/h9-11H,4-8H2,1-3H3,(H,14,18)(H,16,17). The molecule has 0 aliphatic heterocycles. The summed E-state index contributed by atoms with van der Waals surface area (Å²) in [6.07, 6.45) is 3.25. The van der Waals surface area contributed by atoms with Crippen molar-refractivity contribution in [2.45, 2.75) is 45.6 Å². The highest BCUT2D eigenvalue weighted by Gasteiger charge is 2.26. The highest BCUT2D eigenvalue weighted by Crippen LogP contribution is 2.28. The van der Waals surface area contributed by atoms with Crippen LogP contribution < -0.4 is 5.32 Å². The Kier molecular flexibility index (Phi) is 5.44. The Labute approximate surface area is 109 Å². The summed E-state index contributed by atoms with van der Waals surface area (Å²) in [4.78, 5) is 24.2. The number of urea groups is 1. The van der Waals surface area contributed by atoms with Gasteiger partial charge in [-0.15, -0.1) is 0 Å². The maximum atomic E-state index is 11.7. The number of carboxylic acid groups (broad SMARTS) is 1. The summed E-state index contributed by atoms with van der Waals surface area (Å²) in [5, 5.41) is 11.8. The number of carbonyl (C=O) groups excluding carboxylic acids is 1. The van der Waals surface area contributed by atoms with Gasteiger partial charge in [-0.05, 0) is 45.4 Å². The Balaban J connectivity index is 2.26. The summed E-state index contributed by atoms with van der Waals surface area (Å²) in [6.45, 7) is 4.59. The van der Waals surface area contributed by atoms with Gasteiger partial charge in [0.05, 0.1) is 5.92 Å². The molecule has 5 nitrogen and oxygen atoms in total. The van der Waals surface area contributed by atoms with E-state index in [0.29, 0.717) is 12.5 Å².